The fraction of sp³-hybridized carbons (Fsp3) is 0.0612. The Morgan fingerprint density at radius 1 is 0.360 bits per heavy atom. The van der Waals surface area contributed by atoms with Crippen molar-refractivity contribution in [2.24, 2.45) is 0 Å². The van der Waals surface area contributed by atoms with E-state index in [9.17, 15) is 0 Å². The van der Waals surface area contributed by atoms with E-state index < -0.39 is 0 Å². The van der Waals surface area contributed by atoms with Crippen LogP contribution in [0.1, 0.15) is 25.0 Å². The summed E-state index contributed by atoms with van der Waals surface area (Å²) in [5.74, 6) is 0. The zero-order chi connectivity index (χ0) is 33.7. The first-order valence-corrected chi connectivity index (χ1v) is 17.4. The molecule has 1 nitrogen and oxygen atoms in total. The Morgan fingerprint density at radius 2 is 0.800 bits per heavy atom. The van der Waals surface area contributed by atoms with E-state index in [1.54, 1.807) is 0 Å². The number of rotatable bonds is 6. The molecule has 0 bridgehead atoms. The average molecular weight is 640 g/mol. The van der Waals surface area contributed by atoms with Gasteiger partial charge >= 0.3 is 0 Å². The van der Waals surface area contributed by atoms with Crippen molar-refractivity contribution in [2.75, 3.05) is 4.90 Å². The molecule has 0 amide bonds. The number of anilines is 3. The number of nitrogens with zero attached hydrogens (tertiary/aromatic N) is 1. The van der Waals surface area contributed by atoms with Crippen LogP contribution in [-0.2, 0) is 5.41 Å². The molecule has 0 N–H and O–H groups in total. The molecule has 238 valence electrons. The molecule has 8 aromatic rings. The number of benzene rings is 8. The quantitative estimate of drug-likeness (QED) is 0.175. The first-order valence-electron chi connectivity index (χ1n) is 17.4. The lowest BCUT2D eigenvalue weighted by molar-refractivity contribution is 0.661. The van der Waals surface area contributed by atoms with Crippen LogP contribution in [0.3, 0.4) is 0 Å². The van der Waals surface area contributed by atoms with Crippen molar-refractivity contribution < 1.29 is 0 Å². The van der Waals surface area contributed by atoms with Gasteiger partial charge < -0.3 is 4.90 Å². The van der Waals surface area contributed by atoms with Crippen LogP contribution < -0.4 is 4.90 Å². The maximum absolute atomic E-state index is 2.42. The molecule has 50 heavy (non-hydrogen) atoms. The van der Waals surface area contributed by atoms with Crippen molar-refractivity contribution in [1.29, 1.82) is 0 Å². The fourth-order valence-corrected chi connectivity index (χ4v) is 7.90. The number of hydrogen-bond donors (Lipinski definition) is 0. The Balaban J connectivity index is 1.17. The Hall–Kier alpha value is -6.18. The van der Waals surface area contributed by atoms with Crippen molar-refractivity contribution >= 4 is 27.8 Å². The van der Waals surface area contributed by atoms with Gasteiger partial charge in [0.1, 0.15) is 0 Å². The summed E-state index contributed by atoms with van der Waals surface area (Å²) >= 11 is 0. The van der Waals surface area contributed by atoms with E-state index in [1.807, 2.05) is 0 Å². The highest BCUT2D eigenvalue weighted by Gasteiger charge is 2.37. The van der Waals surface area contributed by atoms with Gasteiger partial charge in [0.05, 0.1) is 0 Å². The van der Waals surface area contributed by atoms with Gasteiger partial charge in [-0.05, 0) is 109 Å². The van der Waals surface area contributed by atoms with Crippen LogP contribution in [0.2, 0.25) is 0 Å². The van der Waals surface area contributed by atoms with E-state index in [2.05, 4.69) is 207 Å². The second kappa shape index (κ2) is 12.1. The zero-order valence-electron chi connectivity index (χ0n) is 28.3. The standard InChI is InChI=1S/C49H37N/c1-49(2)45-20-12-11-19-44(45)48-46(49)33-39-17-9-10-18-43(39)47(48)38-25-31-42(32-26-38)50(40-27-21-36(22-28-40)34-13-5-3-6-14-34)41-29-23-37(24-30-41)35-15-7-4-8-16-35/h3-33H,1-2H3. The highest BCUT2D eigenvalue weighted by molar-refractivity contribution is 6.08. The van der Waals surface area contributed by atoms with Crippen molar-refractivity contribution in [1.82, 2.24) is 0 Å². The summed E-state index contributed by atoms with van der Waals surface area (Å²) < 4.78 is 0. The Bertz CT molecular complexity index is 2370. The van der Waals surface area contributed by atoms with E-state index in [1.165, 1.54) is 66.4 Å². The molecular weight excluding hydrogens is 603 g/mol. The molecule has 0 saturated carbocycles. The fourth-order valence-electron chi connectivity index (χ4n) is 7.90. The van der Waals surface area contributed by atoms with Gasteiger partial charge in [-0.1, -0.05) is 159 Å². The van der Waals surface area contributed by atoms with Crippen molar-refractivity contribution in [3.8, 4) is 44.5 Å². The molecule has 1 heteroatoms. The second-order valence-electron chi connectivity index (χ2n) is 13.8. The minimum Gasteiger partial charge on any atom is -0.311 e. The molecule has 1 aliphatic carbocycles. The maximum Gasteiger partial charge on any atom is 0.0462 e. The average Bonchev–Trinajstić information content (AvgIpc) is 3.41. The van der Waals surface area contributed by atoms with Crippen molar-refractivity contribution in [3.05, 3.63) is 199 Å². The Morgan fingerprint density at radius 3 is 1.36 bits per heavy atom. The van der Waals surface area contributed by atoms with Gasteiger partial charge in [-0.3, -0.25) is 0 Å². The van der Waals surface area contributed by atoms with Gasteiger partial charge in [0.15, 0.2) is 0 Å². The summed E-state index contributed by atoms with van der Waals surface area (Å²) in [5, 5.41) is 2.57. The molecule has 0 unspecified atom stereocenters. The van der Waals surface area contributed by atoms with Crippen molar-refractivity contribution in [2.45, 2.75) is 19.3 Å². The van der Waals surface area contributed by atoms with E-state index in [0.717, 1.165) is 17.1 Å². The molecule has 9 rings (SSSR count). The van der Waals surface area contributed by atoms with Crippen LogP contribution in [0.15, 0.2) is 188 Å². The molecule has 0 spiro atoms. The minimum atomic E-state index is -0.0702. The monoisotopic (exact) mass is 639 g/mol. The lowest BCUT2D eigenvalue weighted by Crippen LogP contribution is -2.14. The first-order chi connectivity index (χ1) is 24.6. The van der Waals surface area contributed by atoms with Gasteiger partial charge in [0, 0.05) is 22.5 Å². The number of fused-ring (bicyclic) bond motifs is 4. The van der Waals surface area contributed by atoms with Crippen LogP contribution >= 0.6 is 0 Å². The molecule has 0 heterocycles. The Labute approximate surface area is 294 Å². The van der Waals surface area contributed by atoms with E-state index >= 15 is 0 Å². The SMILES string of the molecule is CC1(C)c2ccccc2-c2c1cc1ccccc1c2-c1ccc(N(c2ccc(-c3ccccc3)cc2)c2ccc(-c3ccccc3)cc2)cc1. The molecule has 0 aromatic heterocycles. The largest absolute Gasteiger partial charge is 0.311 e. The smallest absolute Gasteiger partial charge is 0.0462 e. The van der Waals surface area contributed by atoms with Crippen LogP contribution in [0.5, 0.6) is 0 Å². The molecular formula is C49H37N. The van der Waals surface area contributed by atoms with Gasteiger partial charge in [0.25, 0.3) is 0 Å². The van der Waals surface area contributed by atoms with Crippen LogP contribution in [0.4, 0.5) is 17.1 Å². The molecule has 0 fully saturated rings. The second-order valence-corrected chi connectivity index (χ2v) is 13.8. The summed E-state index contributed by atoms with van der Waals surface area (Å²) in [6.07, 6.45) is 0. The zero-order valence-corrected chi connectivity index (χ0v) is 28.3. The van der Waals surface area contributed by atoms with Gasteiger partial charge in [-0.25, -0.2) is 0 Å². The topological polar surface area (TPSA) is 3.24 Å². The van der Waals surface area contributed by atoms with Crippen LogP contribution in [0.25, 0.3) is 55.3 Å². The number of hydrogen-bond acceptors (Lipinski definition) is 1. The molecule has 8 aromatic carbocycles. The van der Waals surface area contributed by atoms with E-state index in [-0.39, 0.29) is 5.41 Å². The van der Waals surface area contributed by atoms with Gasteiger partial charge in [-0.2, -0.15) is 0 Å². The lowest BCUT2D eigenvalue weighted by atomic mass is 9.80. The molecule has 0 radical (unpaired) electrons. The summed E-state index contributed by atoms with van der Waals surface area (Å²) in [7, 11) is 0. The van der Waals surface area contributed by atoms with Gasteiger partial charge in [-0.15, -0.1) is 0 Å². The highest BCUT2D eigenvalue weighted by atomic mass is 15.1. The predicted molar refractivity (Wildman–Crippen MR) is 213 cm³/mol. The van der Waals surface area contributed by atoms with E-state index in [4.69, 9.17) is 0 Å². The van der Waals surface area contributed by atoms with Crippen molar-refractivity contribution in [3.63, 3.8) is 0 Å². The van der Waals surface area contributed by atoms with Crippen LogP contribution in [-0.4, -0.2) is 0 Å². The first kappa shape index (κ1) is 29.9. The van der Waals surface area contributed by atoms with Crippen LogP contribution in [0, 0.1) is 0 Å². The normalized spacial score (nSPS) is 12.8. The van der Waals surface area contributed by atoms with E-state index in [0.29, 0.717) is 0 Å². The predicted octanol–water partition coefficient (Wildman–Crippen LogP) is 13.6. The highest BCUT2D eigenvalue weighted by Crippen LogP contribution is 2.54. The summed E-state index contributed by atoms with van der Waals surface area (Å²) in [6, 6.07) is 68.4. The third kappa shape index (κ3) is 5.02. The third-order valence-electron chi connectivity index (χ3n) is 10.5. The molecule has 0 saturated heterocycles. The maximum atomic E-state index is 2.42. The molecule has 1 aliphatic rings. The summed E-state index contributed by atoms with van der Waals surface area (Å²) in [6.45, 7) is 4.73. The summed E-state index contributed by atoms with van der Waals surface area (Å²) in [5.41, 5.74) is 16.2. The summed E-state index contributed by atoms with van der Waals surface area (Å²) in [4.78, 5) is 2.36. The lowest BCUT2D eigenvalue weighted by Gasteiger charge is -2.26. The third-order valence-corrected chi connectivity index (χ3v) is 10.5. The van der Waals surface area contributed by atoms with Gasteiger partial charge in [0.2, 0.25) is 0 Å². The minimum absolute atomic E-state index is 0.0702. The molecule has 0 atom stereocenters. The molecule has 0 aliphatic heterocycles. The Kier molecular flexibility index (Phi) is 7.21.